The molecule has 3 aliphatic carbocycles. The number of aryl methyl sites for hydroxylation is 1. The number of nitrogens with two attached hydrogens (primary N) is 6. The van der Waals surface area contributed by atoms with Gasteiger partial charge in [-0.05, 0) is 197 Å². The summed E-state index contributed by atoms with van der Waals surface area (Å²) < 4.78 is 5.74. The first-order valence-corrected chi connectivity index (χ1v) is 39.0. The molecule has 0 saturated carbocycles. The molecule has 2 aliphatic heterocycles. The molecule has 0 bridgehead atoms. The summed E-state index contributed by atoms with van der Waals surface area (Å²) in [7, 11) is 0. The lowest BCUT2D eigenvalue weighted by molar-refractivity contribution is -0.122. The number of para-hydroxylation sites is 2. The van der Waals surface area contributed by atoms with Crippen LogP contribution >= 0.6 is 0 Å². The highest BCUT2D eigenvalue weighted by Crippen LogP contribution is 2.36. The number of benzene rings is 10. The first-order valence-electron chi connectivity index (χ1n) is 39.0. The maximum absolute atomic E-state index is 11.6. The molecule has 1 fully saturated rings. The van der Waals surface area contributed by atoms with Crippen LogP contribution in [0.15, 0.2) is 267 Å². The van der Waals surface area contributed by atoms with Crippen LogP contribution in [0.25, 0.3) is 11.1 Å². The normalized spacial score (nSPS) is 17.4. The van der Waals surface area contributed by atoms with E-state index in [1.807, 2.05) is 212 Å². The van der Waals surface area contributed by atoms with Crippen molar-refractivity contribution < 1.29 is 43.1 Å². The van der Waals surface area contributed by atoms with Gasteiger partial charge in [0.2, 0.25) is 0 Å². The van der Waals surface area contributed by atoms with Crippen LogP contribution in [0, 0.1) is 5.92 Å². The number of hydrogen-bond acceptors (Lipinski definition) is 17. The van der Waals surface area contributed by atoms with Crippen LogP contribution in [0.1, 0.15) is 146 Å². The highest BCUT2D eigenvalue weighted by molar-refractivity contribution is 5.94. The molecule has 7 atom stereocenters. The number of hydrogen-bond donors (Lipinski definition) is 8. The van der Waals surface area contributed by atoms with E-state index in [1.54, 1.807) is 60.6 Å². The Labute approximate surface area is 672 Å². The molecule has 17 nitrogen and oxygen atoms in total. The molecule has 2 heterocycles. The monoisotopic (exact) mass is 1530 g/mol. The van der Waals surface area contributed by atoms with Crippen LogP contribution in [-0.2, 0) is 90.6 Å². The number of anilines is 1. The second-order valence-electron chi connectivity index (χ2n) is 30.0. The van der Waals surface area contributed by atoms with Crippen molar-refractivity contribution in [3.63, 3.8) is 0 Å². The Morgan fingerprint density at radius 2 is 0.912 bits per heavy atom. The minimum absolute atomic E-state index is 0.00222. The zero-order valence-electron chi connectivity index (χ0n) is 66.9. The molecule has 0 radical (unpaired) electrons. The maximum atomic E-state index is 11.6. The van der Waals surface area contributed by atoms with Gasteiger partial charge in [-0.3, -0.25) is 38.4 Å². The fourth-order valence-corrected chi connectivity index (χ4v) is 14.3. The van der Waals surface area contributed by atoms with Crippen molar-refractivity contribution in [3.05, 3.63) is 334 Å². The van der Waals surface area contributed by atoms with Crippen molar-refractivity contribution in [2.45, 2.75) is 173 Å². The van der Waals surface area contributed by atoms with Gasteiger partial charge in [0.05, 0.1) is 35.7 Å². The Hall–Kier alpha value is -11.1. The molecule has 0 amide bonds. The molecule has 0 spiro atoms. The van der Waals surface area contributed by atoms with Crippen LogP contribution in [0.3, 0.4) is 0 Å². The van der Waals surface area contributed by atoms with E-state index in [-0.39, 0.29) is 76.4 Å². The SMILES string of the molecule is CC(=O)C(N)C1Cc2ccccc2C1.CC(=O)C1(N)CCc2ccccc21.CC(=O)C1(N)Cc2ccccc2C1.CC(=O)[C@@H](N)C(c1ccccc1)c1ccccc1.CC(=O)[C@@H](N)Cc1ccc(-c2ccccc2)cc1.CC(=O)[C@@H]1C[C@H](Oc2ccccc2)CN1.CC(=O)[C@@H]1Cc2ccccc2N1.CC(=O)c1ccc(CN)cc1. The van der Waals surface area contributed by atoms with Gasteiger partial charge in [0.15, 0.2) is 17.3 Å². The molecule has 114 heavy (non-hydrogen) atoms. The molecule has 17 heteroatoms. The van der Waals surface area contributed by atoms with Gasteiger partial charge in [-0.2, -0.15) is 0 Å². The fourth-order valence-electron chi connectivity index (χ4n) is 14.3. The van der Waals surface area contributed by atoms with Gasteiger partial charge in [0.1, 0.15) is 46.3 Å². The Balaban J connectivity index is 0.000000164. The molecule has 0 aromatic heterocycles. The average Bonchev–Trinajstić information content (AvgIpc) is 1.65. The molecular formula is C97H112N8O9. The lowest BCUT2D eigenvalue weighted by atomic mass is 9.84. The summed E-state index contributed by atoms with van der Waals surface area (Å²) in [5, 5.41) is 6.34. The number of carbonyl (C=O) groups excluding carboxylic acids is 8. The standard InChI is InChI=1S/2C16H17NO.C12H15NO2.C12H15NO.2C11H13NO.C10H11NO.C9H11NO/c1-12(18)16(17)15(13-8-4-2-5-9-13)14-10-6-3-7-11-14;1-12(18)16(17)11-13-7-9-15(10-8-13)14-5-3-2-4-6-14;1-9(14)12-7-11(8-13-12)15-10-5-3-2-4-6-10;1-8(14)12(13)11-6-9-4-2-3-5-10(9)7-11;1-8(13)11(12)6-9-4-2-3-5-10(9)7-11;1-8(13)11(12)7-6-9-4-2-3-5-10(9)11;1-7(12)10-6-8-4-2-3-5-9(8)11-10;1-7(11)9-4-2-8(6-10)3-5-9/h2-11,15-16H,17H2,1H3;2-10,16H,11,17H2,1H3;2-6,11-13H,7-8H2,1H3;2-5,11-12H,6-7,13H2,1H3;2*2-5H,6-7,12H2,1H3;2-5,10-11H,6H2,1H3;2-5H,6,10H2,1H3/t2*16-;11-,12-;;;;10-;/m100...0./s1. The molecule has 10 aromatic carbocycles. The largest absolute Gasteiger partial charge is 0.489 e. The van der Waals surface area contributed by atoms with Crippen LogP contribution < -0.4 is 49.8 Å². The molecule has 594 valence electrons. The third-order valence-electron chi connectivity index (χ3n) is 21.5. The summed E-state index contributed by atoms with van der Waals surface area (Å²) in [6.07, 6.45) is 7.29. The second kappa shape index (κ2) is 43.2. The van der Waals surface area contributed by atoms with E-state index in [4.69, 9.17) is 39.1 Å². The molecule has 15 rings (SSSR count). The maximum Gasteiger partial charge on any atom is 0.159 e. The number of ether oxygens (including phenoxy) is 1. The lowest BCUT2D eigenvalue weighted by Crippen LogP contribution is -2.47. The second-order valence-corrected chi connectivity index (χ2v) is 30.0. The van der Waals surface area contributed by atoms with Gasteiger partial charge < -0.3 is 49.8 Å². The fraction of sp³-hybridized carbons (Fsp3) is 0.299. The van der Waals surface area contributed by atoms with Gasteiger partial charge in [-0.25, -0.2) is 0 Å². The van der Waals surface area contributed by atoms with Crippen LogP contribution in [0.4, 0.5) is 5.69 Å². The van der Waals surface area contributed by atoms with E-state index in [0.717, 1.165) is 89.9 Å². The van der Waals surface area contributed by atoms with Gasteiger partial charge in [0, 0.05) is 43.1 Å². The number of Topliss-reactive ketones (excluding diaryl/α,β-unsaturated/α-hetero) is 8. The molecule has 5 aliphatic rings. The summed E-state index contributed by atoms with van der Waals surface area (Å²) in [6, 6.07) is 86.5. The van der Waals surface area contributed by atoms with E-state index in [2.05, 4.69) is 53.1 Å². The topological polar surface area (TPSA) is 326 Å². The van der Waals surface area contributed by atoms with Gasteiger partial charge >= 0.3 is 0 Å². The summed E-state index contributed by atoms with van der Waals surface area (Å²) in [6.45, 7) is 13.9. The van der Waals surface area contributed by atoms with Crippen molar-refractivity contribution >= 4 is 52.0 Å². The van der Waals surface area contributed by atoms with E-state index < -0.39 is 23.2 Å². The van der Waals surface area contributed by atoms with Crippen LogP contribution in [0.2, 0.25) is 0 Å². The number of fused-ring (bicyclic) bond motifs is 4. The van der Waals surface area contributed by atoms with Crippen molar-refractivity contribution in [2.24, 2.45) is 40.3 Å². The van der Waals surface area contributed by atoms with Crippen molar-refractivity contribution in [1.29, 1.82) is 0 Å². The Morgan fingerprint density at radius 1 is 0.456 bits per heavy atom. The highest BCUT2D eigenvalue weighted by Gasteiger charge is 2.40. The van der Waals surface area contributed by atoms with Crippen LogP contribution in [0.5, 0.6) is 5.75 Å². The van der Waals surface area contributed by atoms with Crippen molar-refractivity contribution in [2.75, 3.05) is 11.9 Å². The third-order valence-corrected chi connectivity index (χ3v) is 21.5. The minimum Gasteiger partial charge on any atom is -0.489 e. The number of nitrogens with one attached hydrogen (secondary N) is 2. The Morgan fingerprint density at radius 3 is 1.37 bits per heavy atom. The summed E-state index contributed by atoms with van der Waals surface area (Å²) in [5.74, 6) is 1.89. The predicted octanol–water partition coefficient (Wildman–Crippen LogP) is 13.7. The molecule has 10 aromatic rings. The van der Waals surface area contributed by atoms with Gasteiger partial charge in [-0.15, -0.1) is 0 Å². The van der Waals surface area contributed by atoms with Crippen molar-refractivity contribution in [1.82, 2.24) is 5.32 Å². The summed E-state index contributed by atoms with van der Waals surface area (Å²) in [5.41, 5.74) is 50.9. The Kier molecular flexibility index (Phi) is 33.5. The summed E-state index contributed by atoms with van der Waals surface area (Å²) in [4.78, 5) is 89.6. The molecule has 2 unspecified atom stereocenters. The molecule has 1 saturated heterocycles. The molecular weight excluding hydrogens is 1420 g/mol. The van der Waals surface area contributed by atoms with E-state index in [9.17, 15) is 38.4 Å². The molecule has 14 N–H and O–H groups in total. The number of carbonyl (C=O) groups is 8. The smallest absolute Gasteiger partial charge is 0.159 e. The number of rotatable bonds is 18. The predicted molar refractivity (Wildman–Crippen MR) is 457 cm³/mol. The number of ketones is 8. The quantitative estimate of drug-likeness (QED) is 0.0370. The van der Waals surface area contributed by atoms with Gasteiger partial charge in [0.25, 0.3) is 0 Å². The summed E-state index contributed by atoms with van der Waals surface area (Å²) >= 11 is 0. The lowest BCUT2D eigenvalue weighted by Gasteiger charge is -2.23. The highest BCUT2D eigenvalue weighted by atomic mass is 16.5. The average molecular weight is 1530 g/mol. The third kappa shape index (κ3) is 25.7. The van der Waals surface area contributed by atoms with Gasteiger partial charge in [-0.1, -0.05) is 249 Å². The van der Waals surface area contributed by atoms with E-state index >= 15 is 0 Å². The zero-order valence-corrected chi connectivity index (χ0v) is 66.9. The van der Waals surface area contributed by atoms with E-state index in [0.29, 0.717) is 31.7 Å². The van der Waals surface area contributed by atoms with E-state index in [1.165, 1.54) is 51.4 Å². The van der Waals surface area contributed by atoms with Crippen LogP contribution in [-0.4, -0.2) is 94.7 Å². The first kappa shape index (κ1) is 88.4. The zero-order chi connectivity index (χ0) is 82.5. The Bertz CT molecular complexity index is 4700. The minimum atomic E-state index is -0.712. The van der Waals surface area contributed by atoms with Crippen molar-refractivity contribution in [3.8, 4) is 16.9 Å². The first-order chi connectivity index (χ1) is 54.6.